The summed E-state index contributed by atoms with van der Waals surface area (Å²) in [4.78, 5) is 4.47. The van der Waals surface area contributed by atoms with Crippen LogP contribution in [0.4, 0.5) is 11.4 Å². The van der Waals surface area contributed by atoms with Gasteiger partial charge in [-0.2, -0.15) is 20.7 Å². The van der Waals surface area contributed by atoms with Gasteiger partial charge in [-0.1, -0.05) is 72.3 Å². The molecule has 0 bridgehead atoms. The minimum Gasteiger partial charge on any atom is -0.377 e. The van der Waals surface area contributed by atoms with Gasteiger partial charge in [-0.25, -0.2) is 0 Å². The van der Waals surface area contributed by atoms with Crippen molar-refractivity contribution in [3.8, 4) is 6.07 Å². The fourth-order valence-electron chi connectivity index (χ4n) is 4.11. The highest BCUT2D eigenvalue weighted by molar-refractivity contribution is 6.35. The Morgan fingerprint density at radius 1 is 0.943 bits per heavy atom. The van der Waals surface area contributed by atoms with E-state index in [9.17, 15) is 5.26 Å². The molecule has 0 aliphatic heterocycles. The Bertz CT molecular complexity index is 1480. The van der Waals surface area contributed by atoms with Crippen molar-refractivity contribution in [2.24, 2.45) is 0 Å². The molecule has 0 amide bonds. The highest BCUT2D eigenvalue weighted by Crippen LogP contribution is 2.36. The summed E-state index contributed by atoms with van der Waals surface area (Å²) in [5.41, 5.74) is 5.41. The van der Waals surface area contributed by atoms with Gasteiger partial charge in [0.15, 0.2) is 0 Å². The fraction of sp³-hybridized carbons (Fsp3) is 0.111. The van der Waals surface area contributed by atoms with Crippen molar-refractivity contribution in [3.63, 3.8) is 0 Å². The van der Waals surface area contributed by atoms with Gasteiger partial charge in [-0.05, 0) is 30.2 Å². The summed E-state index contributed by atoms with van der Waals surface area (Å²) in [6.45, 7) is 2.06. The Hall–Kier alpha value is -4.41. The lowest BCUT2D eigenvalue weighted by atomic mass is 10.0. The number of H-pyrrole nitrogens is 1. The lowest BCUT2D eigenvalue weighted by Gasteiger charge is -2.21. The first-order valence-corrected chi connectivity index (χ1v) is 11.5. The monoisotopic (exact) mass is 479 g/mol. The van der Waals surface area contributed by atoms with E-state index in [0.29, 0.717) is 21.8 Å². The maximum absolute atomic E-state index is 9.82. The fourth-order valence-corrected chi connectivity index (χ4v) is 4.38. The van der Waals surface area contributed by atoms with Crippen molar-refractivity contribution < 1.29 is 0 Å². The number of hydrogen-bond acceptors (Lipinski definition) is 6. The van der Waals surface area contributed by atoms with Crippen molar-refractivity contribution in [2.45, 2.75) is 19.0 Å². The third-order valence-corrected chi connectivity index (χ3v) is 6.17. The molecule has 35 heavy (non-hydrogen) atoms. The van der Waals surface area contributed by atoms with E-state index >= 15 is 0 Å². The smallest absolute Gasteiger partial charge is 0.109 e. The highest BCUT2D eigenvalue weighted by atomic mass is 35.5. The third kappa shape index (κ3) is 4.65. The first-order valence-electron chi connectivity index (χ1n) is 11.1. The summed E-state index contributed by atoms with van der Waals surface area (Å²) >= 11 is 6.69. The van der Waals surface area contributed by atoms with Crippen LogP contribution in [0, 0.1) is 11.3 Å². The van der Waals surface area contributed by atoms with Crippen LogP contribution in [0.2, 0.25) is 5.02 Å². The second kappa shape index (κ2) is 9.84. The predicted molar refractivity (Wildman–Crippen MR) is 138 cm³/mol. The number of fused-ring (bicyclic) bond motifs is 1. The van der Waals surface area contributed by atoms with Gasteiger partial charge in [-0.3, -0.25) is 4.98 Å². The zero-order valence-corrected chi connectivity index (χ0v) is 19.7. The Morgan fingerprint density at radius 3 is 2.31 bits per heavy atom. The number of halogens is 1. The highest BCUT2D eigenvalue weighted by Gasteiger charge is 2.19. The van der Waals surface area contributed by atoms with E-state index < -0.39 is 0 Å². The number of benzene rings is 3. The number of hydrogen-bond donors (Lipinski definition) is 3. The average molecular weight is 480 g/mol. The standard InChI is InChI=1S/C27H22ClN7/c1-17(18-8-4-2-5-9-18)32-25-20(14-29)15-30-27-22(25)12-21(13-23(27)28)33-26(24-16-31-35-34-24)19-10-6-3-7-11-19/h2-13,15-17,26,33H,1H3,(H,30,32)(H,31,34,35)/t17-,26+/m1/s1. The molecule has 2 atom stereocenters. The second-order valence-corrected chi connectivity index (χ2v) is 8.58. The Morgan fingerprint density at radius 2 is 1.66 bits per heavy atom. The van der Waals surface area contributed by atoms with Gasteiger partial charge in [0.2, 0.25) is 0 Å². The van der Waals surface area contributed by atoms with Crippen LogP contribution >= 0.6 is 11.6 Å². The van der Waals surface area contributed by atoms with Gasteiger partial charge < -0.3 is 10.6 Å². The zero-order chi connectivity index (χ0) is 24.2. The summed E-state index contributed by atoms with van der Waals surface area (Å²) in [6, 6.07) is 25.8. The van der Waals surface area contributed by atoms with Crippen LogP contribution in [0.25, 0.3) is 10.9 Å². The number of nitrogens with one attached hydrogen (secondary N) is 3. The Kier molecular flexibility index (Phi) is 6.29. The SMILES string of the molecule is C[C@@H](Nc1c(C#N)cnc2c(Cl)cc(N[C@@H](c3ccccc3)c3cn[nH]n3)cc12)c1ccccc1. The molecule has 7 nitrogen and oxygen atoms in total. The van der Waals surface area contributed by atoms with Gasteiger partial charge in [0.05, 0.1) is 34.0 Å². The van der Waals surface area contributed by atoms with Gasteiger partial charge in [0.25, 0.3) is 0 Å². The topological polar surface area (TPSA) is 102 Å². The number of nitriles is 1. The molecule has 3 N–H and O–H groups in total. The molecule has 0 radical (unpaired) electrons. The molecule has 0 saturated carbocycles. The molecule has 0 fully saturated rings. The van der Waals surface area contributed by atoms with Crippen LogP contribution in [-0.4, -0.2) is 20.4 Å². The summed E-state index contributed by atoms with van der Waals surface area (Å²) < 4.78 is 0. The molecule has 2 heterocycles. The number of aromatic amines is 1. The van der Waals surface area contributed by atoms with Gasteiger partial charge >= 0.3 is 0 Å². The van der Waals surface area contributed by atoms with E-state index in [1.807, 2.05) is 60.7 Å². The van der Waals surface area contributed by atoms with E-state index in [-0.39, 0.29) is 12.1 Å². The molecular weight excluding hydrogens is 458 g/mol. The molecule has 172 valence electrons. The molecule has 0 aliphatic carbocycles. The molecule has 0 aliphatic rings. The van der Waals surface area contributed by atoms with Crippen LogP contribution < -0.4 is 10.6 Å². The summed E-state index contributed by atoms with van der Waals surface area (Å²) in [7, 11) is 0. The Labute approximate surface area is 207 Å². The number of pyridine rings is 1. The molecular formula is C27H22ClN7. The maximum Gasteiger partial charge on any atom is 0.109 e. The third-order valence-electron chi connectivity index (χ3n) is 5.88. The lowest BCUT2D eigenvalue weighted by molar-refractivity contribution is 0.852. The van der Waals surface area contributed by atoms with E-state index in [0.717, 1.165) is 27.9 Å². The first kappa shape index (κ1) is 22.4. The van der Waals surface area contributed by atoms with Crippen LogP contribution in [-0.2, 0) is 0 Å². The maximum atomic E-state index is 9.82. The summed E-state index contributed by atoms with van der Waals surface area (Å²) in [5, 5.41) is 29.1. The van der Waals surface area contributed by atoms with Crippen molar-refractivity contribution in [1.29, 1.82) is 5.26 Å². The molecule has 5 rings (SSSR count). The van der Waals surface area contributed by atoms with Gasteiger partial charge in [-0.15, -0.1) is 0 Å². The van der Waals surface area contributed by atoms with Crippen molar-refractivity contribution in [3.05, 3.63) is 113 Å². The molecule has 8 heteroatoms. The lowest BCUT2D eigenvalue weighted by Crippen LogP contribution is -2.13. The number of rotatable bonds is 7. The molecule has 0 unspecified atom stereocenters. The van der Waals surface area contributed by atoms with E-state index in [4.69, 9.17) is 11.6 Å². The van der Waals surface area contributed by atoms with E-state index in [1.165, 1.54) is 0 Å². The summed E-state index contributed by atoms with van der Waals surface area (Å²) in [5.74, 6) is 0. The van der Waals surface area contributed by atoms with E-state index in [1.54, 1.807) is 12.4 Å². The van der Waals surface area contributed by atoms with Gasteiger partial charge in [0, 0.05) is 23.3 Å². The molecule has 0 spiro atoms. The van der Waals surface area contributed by atoms with Crippen LogP contribution in [0.3, 0.4) is 0 Å². The van der Waals surface area contributed by atoms with Crippen LogP contribution in [0.5, 0.6) is 0 Å². The van der Waals surface area contributed by atoms with Crippen LogP contribution in [0.15, 0.2) is 85.2 Å². The number of anilines is 2. The van der Waals surface area contributed by atoms with Crippen LogP contribution in [0.1, 0.15) is 41.4 Å². The molecule has 5 aromatic rings. The quantitative estimate of drug-likeness (QED) is 0.255. The van der Waals surface area contributed by atoms with Crippen molar-refractivity contribution in [1.82, 2.24) is 20.4 Å². The minimum absolute atomic E-state index is 0.0310. The van der Waals surface area contributed by atoms with Crippen molar-refractivity contribution in [2.75, 3.05) is 10.6 Å². The molecule has 3 aromatic carbocycles. The molecule has 2 aromatic heterocycles. The predicted octanol–water partition coefficient (Wildman–Crippen LogP) is 6.25. The Balaban J connectivity index is 1.58. The number of aromatic nitrogens is 4. The van der Waals surface area contributed by atoms with Crippen molar-refractivity contribution >= 4 is 33.9 Å². The first-order chi connectivity index (χ1) is 17.1. The van der Waals surface area contributed by atoms with E-state index in [2.05, 4.69) is 56.2 Å². The number of nitrogens with zero attached hydrogens (tertiary/aromatic N) is 4. The average Bonchev–Trinajstić information content (AvgIpc) is 3.43. The molecule has 0 saturated heterocycles. The largest absolute Gasteiger partial charge is 0.377 e. The minimum atomic E-state index is -0.254. The second-order valence-electron chi connectivity index (χ2n) is 8.17. The summed E-state index contributed by atoms with van der Waals surface area (Å²) in [6.07, 6.45) is 3.25. The normalized spacial score (nSPS) is 12.6. The van der Waals surface area contributed by atoms with Gasteiger partial charge in [0.1, 0.15) is 11.8 Å². The zero-order valence-electron chi connectivity index (χ0n) is 18.9.